The molecule has 0 radical (unpaired) electrons. The molecule has 0 aromatic carbocycles. The fourth-order valence-corrected chi connectivity index (χ4v) is 4.17. The van der Waals surface area contributed by atoms with Gasteiger partial charge in [-0.15, -0.1) is 0 Å². The summed E-state index contributed by atoms with van der Waals surface area (Å²) in [6, 6.07) is 3.90. The fourth-order valence-electron chi connectivity index (χ4n) is 4.17. The van der Waals surface area contributed by atoms with Crippen LogP contribution in [0.4, 0.5) is 0 Å². The van der Waals surface area contributed by atoms with Gasteiger partial charge in [0.1, 0.15) is 5.56 Å². The first-order valence-electron chi connectivity index (χ1n) is 9.76. The second-order valence-corrected chi connectivity index (χ2v) is 7.77. The number of aromatic nitrogens is 3. The van der Waals surface area contributed by atoms with E-state index in [2.05, 4.69) is 10.4 Å². The van der Waals surface area contributed by atoms with E-state index < -0.39 is 0 Å². The van der Waals surface area contributed by atoms with E-state index in [9.17, 15) is 9.59 Å². The second-order valence-electron chi connectivity index (χ2n) is 7.77. The van der Waals surface area contributed by atoms with Crippen LogP contribution in [0, 0.1) is 19.8 Å². The number of hydrogen-bond acceptors (Lipinski definition) is 4. The van der Waals surface area contributed by atoms with Crippen LogP contribution < -0.4 is 10.9 Å². The van der Waals surface area contributed by atoms with Gasteiger partial charge in [-0.2, -0.15) is 5.10 Å². The van der Waals surface area contributed by atoms with Crippen molar-refractivity contribution in [2.24, 2.45) is 5.92 Å². The monoisotopic (exact) mass is 369 g/mol. The van der Waals surface area contributed by atoms with Crippen molar-refractivity contribution in [3.63, 3.8) is 0 Å². The Balaban J connectivity index is 1.58. The fraction of sp³-hybridized carbons (Fsp3) is 0.550. The Morgan fingerprint density at radius 3 is 2.96 bits per heavy atom. The first-order chi connectivity index (χ1) is 13.0. The first-order valence-corrected chi connectivity index (χ1v) is 9.76. The number of nitrogens with one attached hydrogen (secondary N) is 1. The van der Waals surface area contributed by atoms with E-state index in [1.165, 1.54) is 0 Å². The minimum Gasteiger partial charge on any atom is -0.331 e. The predicted octanol–water partition coefficient (Wildman–Crippen LogP) is 1.32. The highest BCUT2D eigenvalue weighted by Crippen LogP contribution is 2.17. The maximum absolute atomic E-state index is 13.2. The molecule has 1 fully saturated rings. The molecule has 27 heavy (non-hydrogen) atoms. The Kier molecular flexibility index (Phi) is 4.86. The average Bonchev–Trinajstić information content (AvgIpc) is 3.04. The first kappa shape index (κ1) is 18.0. The number of hydrogen-bond donors (Lipinski definition) is 1. The van der Waals surface area contributed by atoms with Gasteiger partial charge in [0.25, 0.3) is 11.5 Å². The van der Waals surface area contributed by atoms with Crippen LogP contribution in [0.5, 0.6) is 0 Å². The van der Waals surface area contributed by atoms with Crippen molar-refractivity contribution in [3.05, 3.63) is 51.2 Å². The molecular formula is C20H27N5O2. The third-order valence-electron chi connectivity index (χ3n) is 5.65. The van der Waals surface area contributed by atoms with Crippen molar-refractivity contribution in [3.8, 4) is 0 Å². The topological polar surface area (TPSA) is 72.2 Å². The number of nitrogens with zero attached hydrogens (tertiary/aromatic N) is 4. The summed E-state index contributed by atoms with van der Waals surface area (Å²) in [5, 5.41) is 7.83. The van der Waals surface area contributed by atoms with Crippen molar-refractivity contribution in [1.29, 1.82) is 0 Å². The lowest BCUT2D eigenvalue weighted by atomic mass is 9.99. The number of amides is 1. The number of rotatable bonds is 3. The van der Waals surface area contributed by atoms with E-state index in [1.807, 2.05) is 36.9 Å². The molecule has 1 N–H and O–H groups in total. The quantitative estimate of drug-likeness (QED) is 0.886. The second kappa shape index (κ2) is 7.31. The molecule has 1 atom stereocenters. The third kappa shape index (κ3) is 3.56. The SMILES string of the molecule is Cc1cc2n(n1)CCN(C(=O)c1c(C)ccn(CC3CCCNC3)c1=O)C2. The zero-order valence-electron chi connectivity index (χ0n) is 16.1. The molecule has 2 aromatic heterocycles. The van der Waals surface area contributed by atoms with Crippen LogP contribution >= 0.6 is 0 Å². The van der Waals surface area contributed by atoms with E-state index in [1.54, 1.807) is 9.47 Å². The molecule has 7 nitrogen and oxygen atoms in total. The van der Waals surface area contributed by atoms with Crippen LogP contribution in [0.25, 0.3) is 0 Å². The van der Waals surface area contributed by atoms with E-state index in [-0.39, 0.29) is 11.5 Å². The number of carbonyl (C=O) groups is 1. The molecule has 1 unspecified atom stereocenters. The molecule has 1 amide bonds. The largest absolute Gasteiger partial charge is 0.331 e. The highest BCUT2D eigenvalue weighted by Gasteiger charge is 2.26. The Bertz CT molecular complexity index is 908. The number of fused-ring (bicyclic) bond motifs is 1. The molecule has 144 valence electrons. The van der Waals surface area contributed by atoms with Crippen LogP contribution in [0.3, 0.4) is 0 Å². The summed E-state index contributed by atoms with van der Waals surface area (Å²) in [5.41, 5.74) is 2.87. The Morgan fingerprint density at radius 2 is 2.19 bits per heavy atom. The minimum absolute atomic E-state index is 0.166. The van der Waals surface area contributed by atoms with E-state index in [0.29, 0.717) is 37.7 Å². The van der Waals surface area contributed by atoms with Gasteiger partial charge in [-0.25, -0.2) is 0 Å². The number of pyridine rings is 1. The van der Waals surface area contributed by atoms with Gasteiger partial charge in [-0.3, -0.25) is 14.3 Å². The molecule has 2 aliphatic heterocycles. The van der Waals surface area contributed by atoms with Crippen LogP contribution in [0.2, 0.25) is 0 Å². The molecule has 2 aliphatic rings. The van der Waals surface area contributed by atoms with Gasteiger partial charge >= 0.3 is 0 Å². The third-order valence-corrected chi connectivity index (χ3v) is 5.65. The van der Waals surface area contributed by atoms with Gasteiger partial charge in [0.2, 0.25) is 0 Å². The van der Waals surface area contributed by atoms with Crippen molar-refractivity contribution in [1.82, 2.24) is 24.6 Å². The molecule has 1 saturated heterocycles. The average molecular weight is 369 g/mol. The van der Waals surface area contributed by atoms with Gasteiger partial charge in [0.15, 0.2) is 0 Å². The Hall–Kier alpha value is -2.41. The lowest BCUT2D eigenvalue weighted by Crippen LogP contribution is -2.42. The summed E-state index contributed by atoms with van der Waals surface area (Å²) in [6.07, 6.45) is 4.09. The maximum Gasteiger partial charge on any atom is 0.263 e. The van der Waals surface area contributed by atoms with Gasteiger partial charge in [0.05, 0.1) is 24.5 Å². The summed E-state index contributed by atoms with van der Waals surface area (Å²) < 4.78 is 3.67. The van der Waals surface area contributed by atoms with Crippen molar-refractivity contribution in [2.45, 2.75) is 46.3 Å². The summed E-state index contributed by atoms with van der Waals surface area (Å²) in [6.45, 7) is 8.19. The summed E-state index contributed by atoms with van der Waals surface area (Å²) in [4.78, 5) is 28.0. The van der Waals surface area contributed by atoms with Crippen LogP contribution in [0.15, 0.2) is 23.1 Å². The van der Waals surface area contributed by atoms with Crippen molar-refractivity contribution >= 4 is 5.91 Å². The molecule has 4 rings (SSSR count). The normalized spacial score (nSPS) is 19.8. The molecule has 0 spiro atoms. The zero-order valence-corrected chi connectivity index (χ0v) is 16.1. The van der Waals surface area contributed by atoms with Gasteiger partial charge in [0, 0.05) is 19.3 Å². The highest BCUT2D eigenvalue weighted by atomic mass is 16.2. The molecule has 0 aliphatic carbocycles. The van der Waals surface area contributed by atoms with Gasteiger partial charge < -0.3 is 14.8 Å². The van der Waals surface area contributed by atoms with Crippen LogP contribution in [0.1, 0.15) is 40.2 Å². The predicted molar refractivity (Wildman–Crippen MR) is 103 cm³/mol. The smallest absolute Gasteiger partial charge is 0.263 e. The molecule has 0 saturated carbocycles. The lowest BCUT2D eigenvalue weighted by Gasteiger charge is -2.28. The summed E-state index contributed by atoms with van der Waals surface area (Å²) in [7, 11) is 0. The zero-order chi connectivity index (χ0) is 19.0. The maximum atomic E-state index is 13.2. The molecule has 7 heteroatoms. The minimum atomic E-state index is -0.168. The van der Waals surface area contributed by atoms with E-state index in [0.717, 1.165) is 42.9 Å². The van der Waals surface area contributed by atoms with Crippen molar-refractivity contribution in [2.75, 3.05) is 19.6 Å². The lowest BCUT2D eigenvalue weighted by molar-refractivity contribution is 0.0702. The van der Waals surface area contributed by atoms with E-state index in [4.69, 9.17) is 0 Å². The standard InChI is InChI=1S/C20H27N5O2/c1-14-5-7-23(12-16-4-3-6-21-11-16)19(26)18(14)20(27)24-8-9-25-17(13-24)10-15(2)22-25/h5,7,10,16,21H,3-4,6,8-9,11-13H2,1-2H3. The van der Waals surface area contributed by atoms with E-state index >= 15 is 0 Å². The van der Waals surface area contributed by atoms with Crippen LogP contribution in [-0.2, 0) is 19.6 Å². The number of aryl methyl sites for hydroxylation is 2. The van der Waals surface area contributed by atoms with Crippen molar-refractivity contribution < 1.29 is 4.79 Å². The molecular weight excluding hydrogens is 342 g/mol. The van der Waals surface area contributed by atoms with Gasteiger partial charge in [-0.05, 0) is 63.4 Å². The summed E-state index contributed by atoms with van der Waals surface area (Å²) in [5.74, 6) is 0.271. The molecule has 0 bridgehead atoms. The Morgan fingerprint density at radius 1 is 1.33 bits per heavy atom. The highest BCUT2D eigenvalue weighted by molar-refractivity contribution is 5.95. The number of carbonyl (C=O) groups excluding carboxylic acids is 1. The molecule has 2 aromatic rings. The molecule has 4 heterocycles. The summed E-state index contributed by atoms with van der Waals surface area (Å²) >= 11 is 0. The number of piperidine rings is 1. The van der Waals surface area contributed by atoms with Gasteiger partial charge in [-0.1, -0.05) is 0 Å². The van der Waals surface area contributed by atoms with Crippen LogP contribution in [-0.4, -0.2) is 44.8 Å². The Labute approximate surface area is 159 Å².